The van der Waals surface area contributed by atoms with Crippen molar-refractivity contribution in [2.45, 2.75) is 16.4 Å². The second-order valence-corrected chi connectivity index (χ2v) is 7.06. The van der Waals surface area contributed by atoms with Gasteiger partial charge in [-0.1, -0.05) is 30.3 Å². The molecule has 1 amide bonds. The molecule has 0 aromatic heterocycles. The van der Waals surface area contributed by atoms with E-state index in [0.717, 1.165) is 5.56 Å². The van der Waals surface area contributed by atoms with E-state index >= 15 is 0 Å². The van der Waals surface area contributed by atoms with Gasteiger partial charge in [0.2, 0.25) is 0 Å². The number of nitrogens with one attached hydrogen (secondary N) is 2. The van der Waals surface area contributed by atoms with Crippen LogP contribution in [0.15, 0.2) is 59.5 Å². The van der Waals surface area contributed by atoms with E-state index in [0.29, 0.717) is 12.1 Å². The molecule has 1 atom stereocenters. The first-order chi connectivity index (χ1) is 11.7. The highest BCUT2D eigenvalue weighted by Crippen LogP contribution is 2.36. The molecule has 0 saturated carbocycles. The molecule has 7 heteroatoms. The average molecular weight is 369 g/mol. The van der Waals surface area contributed by atoms with E-state index in [4.69, 9.17) is 0 Å². The van der Waals surface area contributed by atoms with Gasteiger partial charge in [-0.25, -0.2) is 0 Å². The van der Waals surface area contributed by atoms with Gasteiger partial charge in [-0.15, -0.1) is 0 Å². The average Bonchev–Trinajstić information content (AvgIpc) is 2.54. The van der Waals surface area contributed by atoms with E-state index in [9.17, 15) is 18.0 Å². The van der Waals surface area contributed by atoms with Crippen molar-refractivity contribution in [1.82, 2.24) is 5.32 Å². The third kappa shape index (κ3) is 6.43. The van der Waals surface area contributed by atoms with Crippen LogP contribution in [0.2, 0.25) is 0 Å². The zero-order valence-electron chi connectivity index (χ0n) is 13.9. The third-order valence-corrected chi connectivity index (χ3v) is 4.21. The lowest BCUT2D eigenvalue weighted by atomic mass is 10.1. The topological polar surface area (TPSA) is 33.5 Å². The first-order valence-corrected chi connectivity index (χ1v) is 8.57. The van der Waals surface area contributed by atoms with Crippen molar-refractivity contribution < 1.29 is 22.9 Å². The molecule has 0 aliphatic carbocycles. The largest absolute Gasteiger partial charge is 0.446 e. The number of likely N-dealkylation sites (N-methyl/N-ethyl adjacent to an activating group) is 1. The molecule has 0 spiro atoms. The molecule has 0 bridgehead atoms. The van der Waals surface area contributed by atoms with Gasteiger partial charge in [0.25, 0.3) is 5.91 Å². The number of alkyl halides is 3. The lowest BCUT2D eigenvalue weighted by Crippen LogP contribution is -3.06. The number of benzene rings is 2. The summed E-state index contributed by atoms with van der Waals surface area (Å²) in [5.41, 5.74) is -3.01. The van der Waals surface area contributed by atoms with Crippen LogP contribution < -0.4 is 10.2 Å². The molecule has 134 valence electrons. The number of quaternary nitrogens is 1. The van der Waals surface area contributed by atoms with Crippen molar-refractivity contribution in [3.63, 3.8) is 0 Å². The minimum atomic E-state index is -4.34. The predicted octanol–water partition coefficient (Wildman–Crippen LogP) is 2.91. The molecule has 25 heavy (non-hydrogen) atoms. The zero-order chi connectivity index (χ0) is 18.4. The summed E-state index contributed by atoms with van der Waals surface area (Å²) in [6.07, 6.45) is 0. The molecule has 0 heterocycles. The van der Waals surface area contributed by atoms with Crippen LogP contribution in [0.3, 0.4) is 0 Å². The number of carbonyl (C=O) groups excluding carboxylic acids is 1. The number of hydrogen-bond acceptors (Lipinski definition) is 2. The second kappa shape index (κ2) is 8.40. The van der Waals surface area contributed by atoms with Crippen LogP contribution in [0.25, 0.3) is 0 Å². The summed E-state index contributed by atoms with van der Waals surface area (Å²) in [5, 5.41) is 2.96. The van der Waals surface area contributed by atoms with Gasteiger partial charge in [0.15, 0.2) is 0 Å². The van der Waals surface area contributed by atoms with Crippen molar-refractivity contribution >= 4 is 17.7 Å². The second-order valence-electron chi connectivity index (χ2n) is 5.92. The van der Waals surface area contributed by atoms with Crippen LogP contribution in [0.5, 0.6) is 0 Å². The SMILES string of the molecule is C[NH+](C)C[C@@H](NC(=O)c1ccc(SC(F)(F)F)cc1)c1ccccc1. The van der Waals surface area contributed by atoms with Crippen molar-refractivity contribution in [3.8, 4) is 0 Å². The summed E-state index contributed by atoms with van der Waals surface area (Å²) < 4.78 is 37.1. The normalized spacial score (nSPS) is 12.9. The summed E-state index contributed by atoms with van der Waals surface area (Å²) in [5.74, 6) is -0.307. The summed E-state index contributed by atoms with van der Waals surface area (Å²) in [4.78, 5) is 13.7. The Morgan fingerprint density at radius 2 is 1.68 bits per heavy atom. The lowest BCUT2D eigenvalue weighted by molar-refractivity contribution is -0.860. The maximum absolute atomic E-state index is 12.5. The highest BCUT2D eigenvalue weighted by Gasteiger charge is 2.29. The molecular weight excluding hydrogens is 349 g/mol. The van der Waals surface area contributed by atoms with Crippen molar-refractivity contribution in [2.75, 3.05) is 20.6 Å². The molecule has 2 N–H and O–H groups in total. The van der Waals surface area contributed by atoms with E-state index in [1.807, 2.05) is 44.4 Å². The minimum Gasteiger partial charge on any atom is -0.340 e. The zero-order valence-corrected chi connectivity index (χ0v) is 14.7. The highest BCUT2D eigenvalue weighted by molar-refractivity contribution is 8.00. The smallest absolute Gasteiger partial charge is 0.340 e. The van der Waals surface area contributed by atoms with Gasteiger partial charge in [-0.05, 0) is 41.6 Å². The Morgan fingerprint density at radius 1 is 1.08 bits per heavy atom. The van der Waals surface area contributed by atoms with Crippen LogP contribution in [-0.2, 0) is 0 Å². The maximum atomic E-state index is 12.5. The standard InChI is InChI=1S/C18H19F3N2OS/c1-23(2)12-16(13-6-4-3-5-7-13)22-17(24)14-8-10-15(11-9-14)25-18(19,20)21/h3-11,16H,12H2,1-2H3,(H,22,24)/p+1/t16-/m1/s1. The minimum absolute atomic E-state index is 0.0568. The van der Waals surface area contributed by atoms with Crippen LogP contribution >= 0.6 is 11.8 Å². The van der Waals surface area contributed by atoms with Crippen LogP contribution in [-0.4, -0.2) is 32.1 Å². The number of carbonyl (C=O) groups is 1. The maximum Gasteiger partial charge on any atom is 0.446 e. The Hall–Kier alpha value is -1.99. The van der Waals surface area contributed by atoms with E-state index in [2.05, 4.69) is 5.32 Å². The molecule has 2 aromatic carbocycles. The van der Waals surface area contributed by atoms with Crippen LogP contribution in [0.1, 0.15) is 22.0 Å². The van der Waals surface area contributed by atoms with Crippen molar-refractivity contribution in [2.24, 2.45) is 0 Å². The fraction of sp³-hybridized carbons (Fsp3) is 0.278. The monoisotopic (exact) mass is 369 g/mol. The van der Waals surface area contributed by atoms with E-state index in [1.54, 1.807) is 0 Å². The van der Waals surface area contributed by atoms with Gasteiger partial charge in [-0.2, -0.15) is 13.2 Å². The fourth-order valence-electron chi connectivity index (χ4n) is 2.40. The number of rotatable bonds is 6. The summed E-state index contributed by atoms with van der Waals surface area (Å²) in [6.45, 7) is 0.692. The van der Waals surface area contributed by atoms with Crippen LogP contribution in [0, 0.1) is 0 Å². The predicted molar refractivity (Wildman–Crippen MR) is 92.7 cm³/mol. The number of thioether (sulfide) groups is 1. The summed E-state index contributed by atoms with van der Waals surface area (Å²) in [6, 6.07) is 14.9. The van der Waals surface area contributed by atoms with E-state index in [1.165, 1.54) is 29.2 Å². The Bertz CT molecular complexity index is 688. The Labute approximate surface area is 149 Å². The lowest BCUT2D eigenvalue weighted by Gasteiger charge is -2.21. The number of amides is 1. The third-order valence-electron chi connectivity index (χ3n) is 3.47. The van der Waals surface area contributed by atoms with E-state index in [-0.39, 0.29) is 28.6 Å². The Morgan fingerprint density at radius 3 is 2.20 bits per heavy atom. The summed E-state index contributed by atoms with van der Waals surface area (Å²) >= 11 is -0.195. The molecule has 0 aliphatic heterocycles. The van der Waals surface area contributed by atoms with Gasteiger partial charge in [0.05, 0.1) is 14.1 Å². The van der Waals surface area contributed by atoms with Gasteiger partial charge in [0.1, 0.15) is 12.6 Å². The molecular formula is C18H20F3N2OS+. The molecule has 0 radical (unpaired) electrons. The Kier molecular flexibility index (Phi) is 6.50. The van der Waals surface area contributed by atoms with Gasteiger partial charge in [0, 0.05) is 10.5 Å². The summed E-state index contributed by atoms with van der Waals surface area (Å²) in [7, 11) is 3.98. The highest BCUT2D eigenvalue weighted by atomic mass is 32.2. The molecule has 0 unspecified atom stereocenters. The van der Waals surface area contributed by atoms with Gasteiger partial charge in [-0.3, -0.25) is 4.79 Å². The first-order valence-electron chi connectivity index (χ1n) is 7.75. The van der Waals surface area contributed by atoms with Gasteiger partial charge >= 0.3 is 5.51 Å². The molecule has 2 aromatic rings. The van der Waals surface area contributed by atoms with Crippen molar-refractivity contribution in [1.29, 1.82) is 0 Å². The molecule has 2 rings (SSSR count). The molecule has 3 nitrogen and oxygen atoms in total. The molecule has 0 fully saturated rings. The quantitative estimate of drug-likeness (QED) is 0.768. The van der Waals surface area contributed by atoms with Gasteiger partial charge < -0.3 is 10.2 Å². The number of hydrogen-bond donors (Lipinski definition) is 2. The number of halogens is 3. The Balaban J connectivity index is 2.10. The van der Waals surface area contributed by atoms with Crippen LogP contribution in [0.4, 0.5) is 13.2 Å². The molecule has 0 aliphatic rings. The first kappa shape index (κ1) is 19.3. The molecule has 0 saturated heterocycles. The van der Waals surface area contributed by atoms with Crippen molar-refractivity contribution in [3.05, 3.63) is 65.7 Å². The van der Waals surface area contributed by atoms with E-state index < -0.39 is 5.51 Å². The fourth-order valence-corrected chi connectivity index (χ4v) is 2.93.